The van der Waals surface area contributed by atoms with Crippen LogP contribution in [0.2, 0.25) is 0 Å². The first-order valence-corrected chi connectivity index (χ1v) is 9.56. The molecule has 2 aromatic heterocycles. The number of primary sulfonamides is 1. The van der Waals surface area contributed by atoms with Crippen LogP contribution < -0.4 is 15.8 Å². The highest BCUT2D eigenvalue weighted by molar-refractivity contribution is 7.89. The Labute approximate surface area is 158 Å². The summed E-state index contributed by atoms with van der Waals surface area (Å²) in [5.74, 6) is -0.507. The third-order valence-corrected chi connectivity index (χ3v) is 4.80. The van der Waals surface area contributed by atoms with E-state index < -0.39 is 15.8 Å². The molecule has 4 rings (SSSR count). The number of aromatic nitrogens is 4. The first-order chi connectivity index (χ1) is 13.4. The number of aromatic amines is 1. The van der Waals surface area contributed by atoms with Crippen molar-refractivity contribution in [2.45, 2.75) is 4.90 Å². The third-order valence-electron chi connectivity index (χ3n) is 3.87. The van der Waals surface area contributed by atoms with Gasteiger partial charge in [0.25, 0.3) is 0 Å². The van der Waals surface area contributed by atoms with Crippen LogP contribution in [0.15, 0.2) is 59.9 Å². The summed E-state index contributed by atoms with van der Waals surface area (Å²) in [4.78, 5) is 15.1. The Balaban J connectivity index is 1.56. The molecule has 2 heterocycles. The first kappa shape index (κ1) is 17.8. The number of imidazole rings is 1. The number of sulfonamides is 1. The first-order valence-electron chi connectivity index (χ1n) is 8.01. The zero-order valence-corrected chi connectivity index (χ0v) is 15.0. The van der Waals surface area contributed by atoms with E-state index in [4.69, 9.17) is 5.14 Å². The standard InChI is InChI=1S/C17H14FN7O2S/c18-13-8-20-17(24-10-1-4-12(5-2-10)28(19,26)27)25-16(13)23-11-3-6-14-15(7-11)22-9-21-14/h1-9H,(H,21,22)(H2,19,26,27)(H2,20,23,24,25). The van der Waals surface area contributed by atoms with Crippen molar-refractivity contribution in [1.29, 1.82) is 0 Å². The van der Waals surface area contributed by atoms with Gasteiger partial charge in [0.15, 0.2) is 11.6 Å². The Morgan fingerprint density at radius 1 is 1.00 bits per heavy atom. The molecule has 0 aliphatic heterocycles. The van der Waals surface area contributed by atoms with Crippen molar-refractivity contribution < 1.29 is 12.8 Å². The lowest BCUT2D eigenvalue weighted by molar-refractivity contribution is 0.598. The monoisotopic (exact) mass is 399 g/mol. The molecule has 0 spiro atoms. The van der Waals surface area contributed by atoms with Crippen molar-refractivity contribution in [3.05, 3.63) is 60.8 Å². The summed E-state index contributed by atoms with van der Waals surface area (Å²) in [5, 5.41) is 10.8. The predicted molar refractivity (Wildman–Crippen MR) is 102 cm³/mol. The van der Waals surface area contributed by atoms with Gasteiger partial charge in [-0.25, -0.2) is 27.9 Å². The maximum Gasteiger partial charge on any atom is 0.238 e. The molecule has 0 atom stereocenters. The number of rotatable bonds is 5. The summed E-state index contributed by atoms with van der Waals surface area (Å²) in [7, 11) is -3.78. The second-order valence-electron chi connectivity index (χ2n) is 5.84. The van der Waals surface area contributed by atoms with Gasteiger partial charge in [-0.2, -0.15) is 4.98 Å². The average molecular weight is 399 g/mol. The highest BCUT2D eigenvalue weighted by Gasteiger charge is 2.10. The normalized spacial score (nSPS) is 11.5. The molecule has 0 saturated carbocycles. The quantitative estimate of drug-likeness (QED) is 0.404. The minimum atomic E-state index is -3.78. The molecule has 11 heteroatoms. The molecule has 142 valence electrons. The van der Waals surface area contributed by atoms with Crippen LogP contribution in [0.5, 0.6) is 0 Å². The van der Waals surface area contributed by atoms with E-state index in [9.17, 15) is 12.8 Å². The molecule has 0 aliphatic carbocycles. The number of H-pyrrole nitrogens is 1. The van der Waals surface area contributed by atoms with Gasteiger partial charge in [0.05, 0.1) is 28.5 Å². The van der Waals surface area contributed by atoms with Crippen LogP contribution in [0.1, 0.15) is 0 Å². The van der Waals surface area contributed by atoms with Crippen molar-refractivity contribution in [1.82, 2.24) is 19.9 Å². The molecule has 9 nitrogen and oxygen atoms in total. The van der Waals surface area contributed by atoms with Crippen LogP contribution >= 0.6 is 0 Å². The van der Waals surface area contributed by atoms with Crippen molar-refractivity contribution in [2.24, 2.45) is 5.14 Å². The number of hydrogen-bond acceptors (Lipinski definition) is 7. The van der Waals surface area contributed by atoms with E-state index in [-0.39, 0.29) is 16.7 Å². The van der Waals surface area contributed by atoms with E-state index in [1.165, 1.54) is 24.3 Å². The molecule has 0 amide bonds. The zero-order valence-electron chi connectivity index (χ0n) is 14.2. The largest absolute Gasteiger partial charge is 0.345 e. The minimum absolute atomic E-state index is 0.0162. The fourth-order valence-corrected chi connectivity index (χ4v) is 3.04. The molecule has 0 aliphatic rings. The Morgan fingerprint density at radius 3 is 2.50 bits per heavy atom. The van der Waals surface area contributed by atoms with Gasteiger partial charge in [0.2, 0.25) is 16.0 Å². The number of nitrogens with zero attached hydrogens (tertiary/aromatic N) is 3. The van der Waals surface area contributed by atoms with Crippen LogP contribution in [0, 0.1) is 5.82 Å². The Kier molecular flexibility index (Phi) is 4.37. The van der Waals surface area contributed by atoms with E-state index in [1.807, 2.05) is 0 Å². The summed E-state index contributed by atoms with van der Waals surface area (Å²) >= 11 is 0. The highest BCUT2D eigenvalue weighted by atomic mass is 32.2. The topological polar surface area (TPSA) is 139 Å². The lowest BCUT2D eigenvalue weighted by Gasteiger charge is -2.10. The molecule has 4 aromatic rings. The summed E-state index contributed by atoms with van der Waals surface area (Å²) in [6.07, 6.45) is 2.61. The molecule has 0 bridgehead atoms. The summed E-state index contributed by atoms with van der Waals surface area (Å²) in [6.45, 7) is 0. The number of nitrogens with two attached hydrogens (primary N) is 1. The van der Waals surface area contributed by atoms with Crippen LogP contribution in [-0.2, 0) is 10.0 Å². The van der Waals surface area contributed by atoms with Crippen LogP contribution in [0.3, 0.4) is 0 Å². The summed E-state index contributed by atoms with van der Waals surface area (Å²) in [6, 6.07) is 11.0. The fraction of sp³-hybridized carbons (Fsp3) is 0. The lowest BCUT2D eigenvalue weighted by atomic mass is 10.3. The number of anilines is 4. The van der Waals surface area contributed by atoms with Gasteiger partial charge in [-0.05, 0) is 42.5 Å². The van der Waals surface area contributed by atoms with E-state index in [1.54, 1.807) is 24.5 Å². The molecule has 5 N–H and O–H groups in total. The molecular weight excluding hydrogens is 385 g/mol. The average Bonchev–Trinajstić information content (AvgIpc) is 3.12. The lowest BCUT2D eigenvalue weighted by Crippen LogP contribution is -2.11. The Morgan fingerprint density at radius 2 is 1.75 bits per heavy atom. The SMILES string of the molecule is NS(=O)(=O)c1ccc(Nc2ncc(F)c(Nc3ccc4nc[nH]c4c3)n2)cc1. The minimum Gasteiger partial charge on any atom is -0.345 e. The van der Waals surface area contributed by atoms with Gasteiger partial charge in [0.1, 0.15) is 0 Å². The zero-order chi connectivity index (χ0) is 19.7. The number of nitrogens with one attached hydrogen (secondary N) is 3. The van der Waals surface area contributed by atoms with Crippen LogP contribution in [0.25, 0.3) is 11.0 Å². The fourth-order valence-electron chi connectivity index (χ4n) is 2.52. The molecule has 28 heavy (non-hydrogen) atoms. The number of fused-ring (bicyclic) bond motifs is 1. The van der Waals surface area contributed by atoms with E-state index in [0.717, 1.165) is 17.2 Å². The van der Waals surface area contributed by atoms with Crippen molar-refractivity contribution in [3.63, 3.8) is 0 Å². The predicted octanol–water partition coefficient (Wildman–Crippen LogP) is 2.63. The molecular formula is C17H14FN7O2S. The smallest absolute Gasteiger partial charge is 0.238 e. The molecule has 0 fully saturated rings. The maximum atomic E-state index is 14.1. The number of halogens is 1. The maximum absolute atomic E-state index is 14.1. The van der Waals surface area contributed by atoms with Gasteiger partial charge in [-0.3, -0.25) is 0 Å². The molecule has 0 saturated heterocycles. The van der Waals surface area contributed by atoms with Crippen LogP contribution in [-0.4, -0.2) is 28.4 Å². The van der Waals surface area contributed by atoms with Gasteiger partial charge in [-0.1, -0.05) is 0 Å². The van der Waals surface area contributed by atoms with Crippen molar-refractivity contribution in [2.75, 3.05) is 10.6 Å². The molecule has 2 aromatic carbocycles. The highest BCUT2D eigenvalue weighted by Crippen LogP contribution is 2.23. The Bertz CT molecular complexity index is 1260. The summed E-state index contributed by atoms with van der Waals surface area (Å²) in [5.41, 5.74) is 2.73. The van der Waals surface area contributed by atoms with Gasteiger partial charge >= 0.3 is 0 Å². The second kappa shape index (κ2) is 6.87. The van der Waals surface area contributed by atoms with E-state index in [0.29, 0.717) is 11.4 Å². The second-order valence-corrected chi connectivity index (χ2v) is 7.41. The van der Waals surface area contributed by atoms with Gasteiger partial charge < -0.3 is 15.6 Å². The van der Waals surface area contributed by atoms with Gasteiger partial charge in [0, 0.05) is 11.4 Å². The van der Waals surface area contributed by atoms with Gasteiger partial charge in [-0.15, -0.1) is 0 Å². The number of benzene rings is 2. The third kappa shape index (κ3) is 3.75. The van der Waals surface area contributed by atoms with Crippen molar-refractivity contribution in [3.8, 4) is 0 Å². The van der Waals surface area contributed by atoms with Crippen LogP contribution in [0.4, 0.5) is 27.5 Å². The van der Waals surface area contributed by atoms with E-state index in [2.05, 4.69) is 30.6 Å². The number of hydrogen-bond donors (Lipinski definition) is 4. The van der Waals surface area contributed by atoms with Crippen molar-refractivity contribution >= 4 is 44.2 Å². The van der Waals surface area contributed by atoms with E-state index >= 15 is 0 Å². The molecule has 0 unspecified atom stereocenters. The Hall–Kier alpha value is -3.57. The summed E-state index contributed by atoms with van der Waals surface area (Å²) < 4.78 is 36.7. The molecule has 0 radical (unpaired) electrons.